The number of nitrogens with one attached hydrogen (secondary N) is 1. The molecule has 2 rings (SSSR count). The van der Waals surface area contributed by atoms with Crippen molar-refractivity contribution in [3.63, 3.8) is 0 Å². The molecule has 0 aliphatic rings. The van der Waals surface area contributed by atoms with Gasteiger partial charge in [-0.25, -0.2) is 4.79 Å². The summed E-state index contributed by atoms with van der Waals surface area (Å²) < 4.78 is 9.83. The average molecular weight is 335 g/mol. The summed E-state index contributed by atoms with van der Waals surface area (Å²) in [5.74, 6) is -1.13. The van der Waals surface area contributed by atoms with Crippen LogP contribution in [0, 0.1) is 22.7 Å². The smallest absolute Gasteiger partial charge is 0.349 e. The van der Waals surface area contributed by atoms with Gasteiger partial charge in [0.15, 0.2) is 6.61 Å². The summed E-state index contributed by atoms with van der Waals surface area (Å²) in [5.41, 5.74) is 1.06. The molecule has 1 aromatic carbocycles. The largest absolute Gasteiger partial charge is 0.465 e. The summed E-state index contributed by atoms with van der Waals surface area (Å²) in [6.45, 7) is -0.532. The van der Waals surface area contributed by atoms with E-state index in [1.165, 1.54) is 12.3 Å². The number of nitrogens with zero attached hydrogens (tertiary/aromatic N) is 2. The van der Waals surface area contributed by atoms with Crippen molar-refractivity contribution >= 4 is 23.6 Å². The lowest BCUT2D eigenvalue weighted by Gasteiger charge is -2.06. The lowest BCUT2D eigenvalue weighted by atomic mass is 10.1. The molecule has 124 valence electrons. The van der Waals surface area contributed by atoms with Crippen LogP contribution in [0.25, 0.3) is 6.08 Å². The second-order valence-electron chi connectivity index (χ2n) is 4.84. The fourth-order valence-electron chi connectivity index (χ4n) is 1.86. The molecule has 0 atom stereocenters. The van der Waals surface area contributed by atoms with Crippen molar-refractivity contribution in [2.24, 2.45) is 0 Å². The number of amides is 1. The zero-order valence-electron chi connectivity index (χ0n) is 13.1. The normalized spacial score (nSPS) is 10.4. The Morgan fingerprint density at radius 3 is 2.56 bits per heavy atom. The maximum atomic E-state index is 11.8. The van der Waals surface area contributed by atoms with Gasteiger partial charge in [0.25, 0.3) is 5.91 Å². The van der Waals surface area contributed by atoms with Crippen LogP contribution in [0.15, 0.2) is 52.7 Å². The highest BCUT2D eigenvalue weighted by atomic mass is 16.5. The highest BCUT2D eigenvalue weighted by Crippen LogP contribution is 2.11. The lowest BCUT2D eigenvalue weighted by molar-refractivity contribution is -0.142. The molecule has 0 spiro atoms. The zero-order valence-corrected chi connectivity index (χ0v) is 13.1. The second-order valence-corrected chi connectivity index (χ2v) is 4.84. The van der Waals surface area contributed by atoms with Crippen molar-refractivity contribution in [1.82, 2.24) is 0 Å². The minimum atomic E-state index is -0.918. The van der Waals surface area contributed by atoms with Gasteiger partial charge < -0.3 is 14.5 Å². The van der Waals surface area contributed by atoms with Gasteiger partial charge in [-0.15, -0.1) is 0 Å². The van der Waals surface area contributed by atoms with E-state index in [0.717, 1.165) is 5.56 Å². The van der Waals surface area contributed by atoms with Crippen LogP contribution in [0.1, 0.15) is 11.3 Å². The van der Waals surface area contributed by atoms with E-state index in [1.807, 2.05) is 6.07 Å². The molecular weight excluding hydrogens is 322 g/mol. The Bertz CT molecular complexity index is 853. The van der Waals surface area contributed by atoms with E-state index in [9.17, 15) is 9.59 Å². The molecule has 2 aromatic rings. The number of benzene rings is 1. The summed E-state index contributed by atoms with van der Waals surface area (Å²) >= 11 is 0. The van der Waals surface area contributed by atoms with E-state index in [-0.39, 0.29) is 12.0 Å². The predicted molar refractivity (Wildman–Crippen MR) is 87.6 cm³/mol. The summed E-state index contributed by atoms with van der Waals surface area (Å²) in [4.78, 5) is 23.6. The number of rotatable bonds is 6. The number of carbonyl (C=O) groups is 2. The van der Waals surface area contributed by atoms with E-state index >= 15 is 0 Å². The first-order chi connectivity index (χ1) is 12.1. The van der Waals surface area contributed by atoms with Crippen molar-refractivity contribution in [2.45, 2.75) is 6.42 Å². The summed E-state index contributed by atoms with van der Waals surface area (Å²) in [5, 5.41) is 20.1. The molecule has 0 unspecified atom stereocenters. The van der Waals surface area contributed by atoms with Crippen molar-refractivity contribution in [1.29, 1.82) is 10.5 Å². The minimum Gasteiger partial charge on any atom is -0.465 e. The third-order valence-electron chi connectivity index (χ3n) is 3.03. The van der Waals surface area contributed by atoms with E-state index in [4.69, 9.17) is 19.7 Å². The highest BCUT2D eigenvalue weighted by Gasteiger charge is 2.14. The maximum Gasteiger partial charge on any atom is 0.349 e. The summed E-state index contributed by atoms with van der Waals surface area (Å²) in [6.07, 6.45) is 2.92. The van der Waals surface area contributed by atoms with Crippen LogP contribution in [0.5, 0.6) is 0 Å². The Kier molecular flexibility index (Phi) is 6.10. The number of anilines is 1. The molecule has 25 heavy (non-hydrogen) atoms. The number of ether oxygens (including phenoxy) is 1. The van der Waals surface area contributed by atoms with E-state index in [0.29, 0.717) is 11.4 Å². The Hall–Kier alpha value is -3.84. The lowest BCUT2D eigenvalue weighted by Crippen LogP contribution is -2.21. The van der Waals surface area contributed by atoms with Gasteiger partial charge in [0, 0.05) is 11.8 Å². The van der Waals surface area contributed by atoms with Gasteiger partial charge >= 0.3 is 5.97 Å². The number of carbonyl (C=O) groups excluding carboxylic acids is 2. The molecule has 0 saturated heterocycles. The Balaban J connectivity index is 1.87. The van der Waals surface area contributed by atoms with Crippen molar-refractivity contribution in [3.8, 4) is 12.1 Å². The van der Waals surface area contributed by atoms with Gasteiger partial charge in [-0.2, -0.15) is 10.5 Å². The summed E-state index contributed by atoms with van der Waals surface area (Å²) in [6, 6.07) is 13.6. The maximum absolute atomic E-state index is 11.8. The summed E-state index contributed by atoms with van der Waals surface area (Å²) in [7, 11) is 0. The van der Waals surface area contributed by atoms with E-state index < -0.39 is 18.5 Å². The predicted octanol–water partition coefficient (Wildman–Crippen LogP) is 2.43. The Morgan fingerprint density at radius 2 is 1.96 bits per heavy atom. The van der Waals surface area contributed by atoms with Crippen LogP contribution in [-0.4, -0.2) is 18.5 Å². The van der Waals surface area contributed by atoms with Gasteiger partial charge in [-0.05, 0) is 29.8 Å². The molecule has 0 fully saturated rings. The van der Waals surface area contributed by atoms with Gasteiger partial charge in [0.1, 0.15) is 17.4 Å². The molecule has 0 aliphatic heterocycles. The van der Waals surface area contributed by atoms with Crippen molar-refractivity contribution in [3.05, 3.63) is 59.6 Å². The molecule has 0 radical (unpaired) electrons. The Labute approximate surface area is 143 Å². The molecule has 1 amide bonds. The molecule has 1 aromatic heterocycles. The molecule has 0 saturated carbocycles. The number of furan rings is 1. The van der Waals surface area contributed by atoms with Crippen LogP contribution in [0.3, 0.4) is 0 Å². The molecule has 7 heteroatoms. The fourth-order valence-corrected chi connectivity index (χ4v) is 1.86. The third-order valence-corrected chi connectivity index (χ3v) is 3.03. The van der Waals surface area contributed by atoms with Crippen LogP contribution in [0.4, 0.5) is 5.69 Å². The highest BCUT2D eigenvalue weighted by molar-refractivity contribution is 5.99. The minimum absolute atomic E-state index is 0.274. The van der Waals surface area contributed by atoms with E-state index in [1.54, 1.807) is 42.5 Å². The van der Waals surface area contributed by atoms with Gasteiger partial charge in [-0.3, -0.25) is 4.79 Å². The standard InChI is InChI=1S/C18H13N3O4/c19-8-7-13-3-5-15(6-4-13)21-17(22)12-25-18(23)14(11-20)10-16-2-1-9-24-16/h1-6,9-10H,7,12H2,(H,21,22)/b14-10+. The van der Waals surface area contributed by atoms with Crippen LogP contribution < -0.4 is 5.32 Å². The molecule has 0 bridgehead atoms. The first-order valence-corrected chi connectivity index (χ1v) is 7.20. The molecule has 7 nitrogen and oxygen atoms in total. The van der Waals surface area contributed by atoms with E-state index in [2.05, 4.69) is 5.32 Å². The average Bonchev–Trinajstić information content (AvgIpc) is 3.12. The number of esters is 1. The first kappa shape index (κ1) is 17.5. The van der Waals surface area contributed by atoms with Gasteiger partial charge in [-0.1, -0.05) is 12.1 Å². The molecule has 1 N–H and O–H groups in total. The molecule has 1 heterocycles. The topological polar surface area (TPSA) is 116 Å². The number of hydrogen-bond donors (Lipinski definition) is 1. The SMILES string of the molecule is N#CCc1ccc(NC(=O)COC(=O)/C(C#N)=C/c2ccco2)cc1. The van der Waals surface area contributed by atoms with Gasteiger partial charge in [0.2, 0.25) is 0 Å². The van der Waals surface area contributed by atoms with Crippen molar-refractivity contribution in [2.75, 3.05) is 11.9 Å². The number of nitriles is 2. The Morgan fingerprint density at radius 1 is 1.20 bits per heavy atom. The fraction of sp³-hybridized carbons (Fsp3) is 0.111. The second kappa shape index (κ2) is 8.70. The number of hydrogen-bond acceptors (Lipinski definition) is 6. The molecule has 0 aliphatic carbocycles. The first-order valence-electron chi connectivity index (χ1n) is 7.20. The van der Waals surface area contributed by atoms with Crippen LogP contribution in [0.2, 0.25) is 0 Å². The monoisotopic (exact) mass is 335 g/mol. The third kappa shape index (κ3) is 5.38. The quantitative estimate of drug-likeness (QED) is 0.492. The van der Waals surface area contributed by atoms with Crippen molar-refractivity contribution < 1.29 is 18.7 Å². The van der Waals surface area contributed by atoms with Crippen LogP contribution in [-0.2, 0) is 20.7 Å². The molecular formula is C18H13N3O4. The van der Waals surface area contributed by atoms with Crippen LogP contribution >= 0.6 is 0 Å². The van der Waals surface area contributed by atoms with Gasteiger partial charge in [0.05, 0.1) is 18.8 Å². The zero-order chi connectivity index (χ0) is 18.1.